The van der Waals surface area contributed by atoms with E-state index in [0.717, 1.165) is 24.5 Å². The number of aryl methyl sites for hydroxylation is 2. The molecule has 1 aromatic heterocycles. The van der Waals surface area contributed by atoms with E-state index in [2.05, 4.69) is 21.7 Å². The van der Waals surface area contributed by atoms with Crippen molar-refractivity contribution < 1.29 is 0 Å². The van der Waals surface area contributed by atoms with Crippen molar-refractivity contribution in [1.82, 2.24) is 10.3 Å². The molecular weight excluding hydrogens is 298 g/mol. The first kappa shape index (κ1) is 15.0. The number of anilines is 1. The summed E-state index contributed by atoms with van der Waals surface area (Å²) in [6.45, 7) is 0.919. The molecule has 0 spiro atoms. The summed E-state index contributed by atoms with van der Waals surface area (Å²) in [6.07, 6.45) is 13.6. The summed E-state index contributed by atoms with van der Waals surface area (Å²) in [5.74, 6) is 0. The molecule has 5 heteroatoms. The van der Waals surface area contributed by atoms with Gasteiger partial charge >= 0.3 is 0 Å². The molecule has 2 N–H and O–H groups in total. The molecule has 0 bridgehead atoms. The Bertz CT molecular complexity index is 510. The van der Waals surface area contributed by atoms with Crippen LogP contribution in [-0.4, -0.2) is 16.6 Å². The summed E-state index contributed by atoms with van der Waals surface area (Å²) < 4.78 is 0. The zero-order valence-electron chi connectivity index (χ0n) is 12.4. The molecule has 0 amide bonds. The van der Waals surface area contributed by atoms with Gasteiger partial charge in [-0.05, 0) is 70.0 Å². The van der Waals surface area contributed by atoms with Crippen LogP contribution in [0.1, 0.15) is 55.5 Å². The van der Waals surface area contributed by atoms with Gasteiger partial charge in [0.2, 0.25) is 0 Å². The van der Waals surface area contributed by atoms with Crippen LogP contribution in [0.2, 0.25) is 0 Å². The fourth-order valence-electron chi connectivity index (χ4n) is 3.02. The minimum Gasteiger partial charge on any atom is -0.362 e. The summed E-state index contributed by atoms with van der Waals surface area (Å²) in [5, 5.41) is 8.21. The number of nitrogens with zero attached hydrogens (tertiary/aromatic N) is 1. The summed E-state index contributed by atoms with van der Waals surface area (Å²) in [4.78, 5) is 6.10. The normalized spacial score (nSPS) is 17.8. The number of fused-ring (bicyclic) bond motifs is 1. The molecule has 0 saturated carbocycles. The molecule has 3 rings (SSSR count). The van der Waals surface area contributed by atoms with Crippen molar-refractivity contribution in [3.05, 3.63) is 22.2 Å². The van der Waals surface area contributed by atoms with Crippen molar-refractivity contribution in [3.63, 3.8) is 0 Å². The lowest BCUT2D eigenvalue weighted by atomic mass is 9.97. The van der Waals surface area contributed by atoms with Crippen molar-refractivity contribution in [2.75, 3.05) is 11.9 Å². The van der Waals surface area contributed by atoms with E-state index in [1.165, 1.54) is 55.5 Å². The van der Waals surface area contributed by atoms with Gasteiger partial charge in [-0.2, -0.15) is 0 Å². The minimum atomic E-state index is 0.706. The average molecular weight is 322 g/mol. The van der Waals surface area contributed by atoms with Crippen molar-refractivity contribution in [3.8, 4) is 0 Å². The molecule has 0 radical (unpaired) electrons. The first-order valence-corrected chi connectivity index (χ1v) is 9.25. The van der Waals surface area contributed by atoms with E-state index in [0.29, 0.717) is 5.11 Å². The van der Waals surface area contributed by atoms with E-state index in [4.69, 9.17) is 12.2 Å². The number of thiocarbonyl (C=S) groups is 1. The Labute approximate surface area is 136 Å². The summed E-state index contributed by atoms with van der Waals surface area (Å²) >= 11 is 7.13. The highest BCUT2D eigenvalue weighted by atomic mass is 32.1. The van der Waals surface area contributed by atoms with Gasteiger partial charge < -0.3 is 10.6 Å². The molecule has 0 fully saturated rings. The van der Waals surface area contributed by atoms with Crippen molar-refractivity contribution in [1.29, 1.82) is 0 Å². The van der Waals surface area contributed by atoms with Crippen LogP contribution in [0, 0.1) is 0 Å². The van der Waals surface area contributed by atoms with Gasteiger partial charge in [0.05, 0.1) is 5.69 Å². The molecule has 21 heavy (non-hydrogen) atoms. The SMILES string of the molecule is S=C(NCCC1=CCCCC1)Nc1nc2c(s1)CCCC2. The van der Waals surface area contributed by atoms with Crippen molar-refractivity contribution in [2.45, 2.75) is 57.8 Å². The fraction of sp³-hybridized carbons (Fsp3) is 0.625. The maximum Gasteiger partial charge on any atom is 0.189 e. The monoisotopic (exact) mass is 321 g/mol. The number of hydrogen-bond donors (Lipinski definition) is 2. The van der Waals surface area contributed by atoms with E-state index < -0.39 is 0 Å². The lowest BCUT2D eigenvalue weighted by molar-refractivity contribution is 0.669. The van der Waals surface area contributed by atoms with E-state index in [9.17, 15) is 0 Å². The Morgan fingerprint density at radius 2 is 2.05 bits per heavy atom. The van der Waals surface area contributed by atoms with Crippen LogP contribution >= 0.6 is 23.6 Å². The zero-order chi connectivity index (χ0) is 14.5. The maximum atomic E-state index is 5.37. The largest absolute Gasteiger partial charge is 0.362 e. The molecule has 0 atom stereocenters. The van der Waals surface area contributed by atoms with Crippen LogP contribution in [-0.2, 0) is 12.8 Å². The Morgan fingerprint density at radius 3 is 2.86 bits per heavy atom. The number of thiazole rings is 1. The molecule has 0 aromatic carbocycles. The molecule has 1 heterocycles. The average Bonchev–Trinajstić information content (AvgIpc) is 2.90. The van der Waals surface area contributed by atoms with Gasteiger partial charge in [0.25, 0.3) is 0 Å². The third-order valence-electron chi connectivity index (χ3n) is 4.18. The van der Waals surface area contributed by atoms with Crippen LogP contribution in [0.3, 0.4) is 0 Å². The van der Waals surface area contributed by atoms with Gasteiger partial charge in [-0.25, -0.2) is 4.98 Å². The molecule has 1 aromatic rings. The first-order valence-electron chi connectivity index (χ1n) is 8.02. The predicted molar refractivity (Wildman–Crippen MR) is 94.1 cm³/mol. The second-order valence-corrected chi connectivity index (χ2v) is 7.33. The Kier molecular flexibility index (Phi) is 5.25. The lowest BCUT2D eigenvalue weighted by Gasteiger charge is -2.13. The maximum absolute atomic E-state index is 5.37. The van der Waals surface area contributed by atoms with Gasteiger partial charge in [-0.15, -0.1) is 11.3 Å². The molecule has 2 aliphatic carbocycles. The summed E-state index contributed by atoms with van der Waals surface area (Å²) in [7, 11) is 0. The van der Waals surface area contributed by atoms with Crippen LogP contribution in [0.25, 0.3) is 0 Å². The lowest BCUT2D eigenvalue weighted by Crippen LogP contribution is -2.29. The quantitative estimate of drug-likeness (QED) is 0.644. The van der Waals surface area contributed by atoms with E-state index in [1.807, 2.05) is 0 Å². The number of aromatic nitrogens is 1. The summed E-state index contributed by atoms with van der Waals surface area (Å²) in [6, 6.07) is 0. The third-order valence-corrected chi connectivity index (χ3v) is 5.50. The Balaban J connectivity index is 1.43. The molecule has 0 unspecified atom stereocenters. The molecule has 114 valence electrons. The standard InChI is InChI=1S/C16H23N3S2/c20-15(17-11-10-12-6-2-1-3-7-12)19-16-18-13-8-4-5-9-14(13)21-16/h6H,1-5,7-11H2,(H2,17,18,19,20). The van der Waals surface area contributed by atoms with Gasteiger partial charge in [-0.1, -0.05) is 11.6 Å². The highest BCUT2D eigenvalue weighted by Gasteiger charge is 2.15. The zero-order valence-corrected chi connectivity index (χ0v) is 14.0. The molecule has 3 nitrogen and oxygen atoms in total. The second-order valence-electron chi connectivity index (χ2n) is 5.84. The number of allylic oxidation sites excluding steroid dienone is 1. The van der Waals surface area contributed by atoms with Gasteiger partial charge in [0, 0.05) is 11.4 Å². The number of hydrogen-bond acceptors (Lipinski definition) is 3. The molecule has 0 saturated heterocycles. The third kappa shape index (κ3) is 4.27. The highest BCUT2D eigenvalue weighted by Crippen LogP contribution is 2.29. The smallest absolute Gasteiger partial charge is 0.189 e. The number of nitrogens with one attached hydrogen (secondary N) is 2. The van der Waals surface area contributed by atoms with Crippen LogP contribution in [0.4, 0.5) is 5.13 Å². The second kappa shape index (κ2) is 7.36. The van der Waals surface area contributed by atoms with Crippen LogP contribution < -0.4 is 10.6 Å². The van der Waals surface area contributed by atoms with Gasteiger partial charge in [0.1, 0.15) is 0 Å². The van der Waals surface area contributed by atoms with Crippen LogP contribution in [0.15, 0.2) is 11.6 Å². The van der Waals surface area contributed by atoms with E-state index >= 15 is 0 Å². The summed E-state index contributed by atoms with van der Waals surface area (Å²) in [5.41, 5.74) is 2.87. The number of rotatable bonds is 4. The molecule has 2 aliphatic rings. The van der Waals surface area contributed by atoms with Crippen molar-refractivity contribution in [2.24, 2.45) is 0 Å². The topological polar surface area (TPSA) is 37.0 Å². The van der Waals surface area contributed by atoms with Crippen LogP contribution in [0.5, 0.6) is 0 Å². The van der Waals surface area contributed by atoms with Gasteiger partial charge in [0.15, 0.2) is 10.2 Å². The van der Waals surface area contributed by atoms with E-state index in [-0.39, 0.29) is 0 Å². The minimum absolute atomic E-state index is 0.706. The van der Waals surface area contributed by atoms with Gasteiger partial charge in [-0.3, -0.25) is 0 Å². The molecule has 0 aliphatic heterocycles. The first-order chi connectivity index (χ1) is 10.3. The Hall–Kier alpha value is -0.940. The van der Waals surface area contributed by atoms with E-state index in [1.54, 1.807) is 16.9 Å². The fourth-order valence-corrected chi connectivity index (χ4v) is 4.33. The predicted octanol–water partition coefficient (Wildman–Crippen LogP) is 4.20. The Morgan fingerprint density at radius 1 is 1.19 bits per heavy atom. The van der Waals surface area contributed by atoms with Crippen molar-refractivity contribution >= 4 is 33.8 Å². The highest BCUT2D eigenvalue weighted by molar-refractivity contribution is 7.80. The molecular formula is C16H23N3S2.